The lowest BCUT2D eigenvalue weighted by Gasteiger charge is -2.40. The fourth-order valence-electron chi connectivity index (χ4n) is 5.13. The summed E-state index contributed by atoms with van der Waals surface area (Å²) in [4.78, 5) is 11.6. The zero-order valence-corrected chi connectivity index (χ0v) is 11.8. The van der Waals surface area contributed by atoms with Crippen molar-refractivity contribution in [3.05, 3.63) is 12.7 Å². The Bertz CT molecular complexity index is 378. The predicted octanol–water partition coefficient (Wildman–Crippen LogP) is 3.29. The Balaban J connectivity index is 1.83. The lowest BCUT2D eigenvalue weighted by Crippen LogP contribution is -2.43. The van der Waals surface area contributed by atoms with Gasteiger partial charge in [0.2, 0.25) is 6.29 Å². The summed E-state index contributed by atoms with van der Waals surface area (Å²) in [5.41, 5.74) is 0.0977. The quantitative estimate of drug-likeness (QED) is 0.434. The van der Waals surface area contributed by atoms with Crippen LogP contribution in [0.3, 0.4) is 0 Å². The molecule has 2 bridgehead atoms. The van der Waals surface area contributed by atoms with E-state index < -0.39 is 0 Å². The zero-order valence-electron chi connectivity index (χ0n) is 11.8. The lowest BCUT2D eigenvalue weighted by molar-refractivity contribution is -0.214. The SMILES string of the molecule is C=CC(=O)OC(OCC)C12CCC(C1)C1CCCC12. The number of esters is 1. The number of fused-ring (bicyclic) bond motifs is 5. The first-order valence-corrected chi connectivity index (χ1v) is 7.66. The lowest BCUT2D eigenvalue weighted by atomic mass is 9.71. The van der Waals surface area contributed by atoms with Crippen LogP contribution in [0.5, 0.6) is 0 Å². The Morgan fingerprint density at radius 2 is 2.32 bits per heavy atom. The van der Waals surface area contributed by atoms with E-state index in [1.165, 1.54) is 38.2 Å². The van der Waals surface area contributed by atoms with Crippen LogP contribution in [0.4, 0.5) is 0 Å². The molecule has 0 N–H and O–H groups in total. The summed E-state index contributed by atoms with van der Waals surface area (Å²) < 4.78 is 11.4. The third kappa shape index (κ3) is 1.94. The summed E-state index contributed by atoms with van der Waals surface area (Å²) in [5.74, 6) is 2.06. The molecule has 0 aromatic carbocycles. The van der Waals surface area contributed by atoms with Gasteiger partial charge in [0.15, 0.2) is 0 Å². The van der Waals surface area contributed by atoms with Gasteiger partial charge in [-0.3, -0.25) is 0 Å². The molecule has 0 heterocycles. The third-order valence-corrected chi connectivity index (χ3v) is 5.71. The van der Waals surface area contributed by atoms with Gasteiger partial charge in [-0.25, -0.2) is 4.79 Å². The van der Waals surface area contributed by atoms with Gasteiger partial charge >= 0.3 is 5.97 Å². The Hall–Kier alpha value is -0.830. The van der Waals surface area contributed by atoms with Gasteiger partial charge in [-0.1, -0.05) is 13.0 Å². The second kappa shape index (κ2) is 4.93. The van der Waals surface area contributed by atoms with Gasteiger partial charge in [-0.15, -0.1) is 0 Å². The molecular weight excluding hydrogens is 240 g/mol. The van der Waals surface area contributed by atoms with Crippen LogP contribution in [0.25, 0.3) is 0 Å². The minimum absolute atomic E-state index is 0.0977. The highest BCUT2D eigenvalue weighted by Gasteiger charge is 2.63. The second-order valence-corrected chi connectivity index (χ2v) is 6.37. The highest BCUT2D eigenvalue weighted by Crippen LogP contribution is 2.67. The zero-order chi connectivity index (χ0) is 13.5. The third-order valence-electron chi connectivity index (χ3n) is 5.71. The first-order chi connectivity index (χ1) is 9.21. The maximum absolute atomic E-state index is 11.6. The van der Waals surface area contributed by atoms with Crippen LogP contribution >= 0.6 is 0 Å². The van der Waals surface area contributed by atoms with Gasteiger partial charge in [-0.05, 0) is 56.8 Å². The molecule has 0 aromatic heterocycles. The molecule has 3 nitrogen and oxygen atoms in total. The largest absolute Gasteiger partial charge is 0.432 e. The van der Waals surface area contributed by atoms with E-state index >= 15 is 0 Å². The van der Waals surface area contributed by atoms with Crippen molar-refractivity contribution in [1.82, 2.24) is 0 Å². The van der Waals surface area contributed by atoms with Gasteiger partial charge < -0.3 is 9.47 Å². The minimum atomic E-state index is -0.360. The van der Waals surface area contributed by atoms with Gasteiger partial charge in [0.25, 0.3) is 0 Å². The molecule has 3 saturated carbocycles. The highest BCUT2D eigenvalue weighted by atomic mass is 16.7. The molecule has 5 unspecified atom stereocenters. The van der Waals surface area contributed by atoms with Gasteiger partial charge in [0.1, 0.15) is 0 Å². The van der Waals surface area contributed by atoms with Crippen LogP contribution in [0.1, 0.15) is 45.4 Å². The fourth-order valence-corrected chi connectivity index (χ4v) is 5.13. The summed E-state index contributed by atoms with van der Waals surface area (Å²) >= 11 is 0. The number of rotatable bonds is 5. The Morgan fingerprint density at radius 3 is 3.05 bits per heavy atom. The molecule has 3 aliphatic rings. The summed E-state index contributed by atoms with van der Waals surface area (Å²) in [6.07, 6.45) is 8.52. The summed E-state index contributed by atoms with van der Waals surface area (Å²) in [6.45, 7) is 6.06. The van der Waals surface area contributed by atoms with E-state index in [-0.39, 0.29) is 17.7 Å². The molecule has 5 atom stereocenters. The molecule has 0 amide bonds. The standard InChI is InChI=1S/C16H24O3/c1-3-14(17)19-15(18-4-2)16-9-8-11(10-16)12-6-5-7-13(12)16/h3,11-13,15H,1,4-10H2,2H3. The maximum atomic E-state index is 11.6. The highest BCUT2D eigenvalue weighted by molar-refractivity contribution is 5.81. The molecule has 0 aliphatic heterocycles. The first kappa shape index (κ1) is 13.2. The normalized spacial score (nSPS) is 41.0. The van der Waals surface area contributed by atoms with Crippen LogP contribution < -0.4 is 0 Å². The number of carbonyl (C=O) groups excluding carboxylic acids is 1. The molecule has 3 aliphatic carbocycles. The summed E-state index contributed by atoms with van der Waals surface area (Å²) in [6, 6.07) is 0. The predicted molar refractivity (Wildman–Crippen MR) is 72.3 cm³/mol. The van der Waals surface area contributed by atoms with Crippen molar-refractivity contribution >= 4 is 5.97 Å². The van der Waals surface area contributed by atoms with Crippen molar-refractivity contribution in [2.45, 2.75) is 51.7 Å². The van der Waals surface area contributed by atoms with Crippen LogP contribution in [0.2, 0.25) is 0 Å². The fraction of sp³-hybridized carbons (Fsp3) is 0.812. The molecule has 3 heteroatoms. The molecule has 3 rings (SSSR count). The van der Waals surface area contributed by atoms with Gasteiger partial charge in [0, 0.05) is 18.1 Å². The smallest absolute Gasteiger partial charge is 0.332 e. The molecule has 0 spiro atoms. The molecule has 0 aromatic rings. The van der Waals surface area contributed by atoms with Gasteiger partial charge in [-0.2, -0.15) is 0 Å². The minimum Gasteiger partial charge on any atom is -0.432 e. The average molecular weight is 264 g/mol. The van der Waals surface area contributed by atoms with Crippen molar-refractivity contribution in [2.75, 3.05) is 6.61 Å². The average Bonchev–Trinajstić information content (AvgIpc) is 3.10. The Morgan fingerprint density at radius 1 is 1.47 bits per heavy atom. The van der Waals surface area contributed by atoms with E-state index in [0.29, 0.717) is 12.5 Å². The van der Waals surface area contributed by atoms with Crippen molar-refractivity contribution < 1.29 is 14.3 Å². The number of carbonyl (C=O) groups is 1. The second-order valence-electron chi connectivity index (χ2n) is 6.37. The first-order valence-electron chi connectivity index (χ1n) is 7.66. The van der Waals surface area contributed by atoms with Crippen molar-refractivity contribution in [3.8, 4) is 0 Å². The molecule has 106 valence electrons. The molecule has 0 radical (unpaired) electrons. The Kier molecular flexibility index (Phi) is 3.42. The number of hydrogen-bond acceptors (Lipinski definition) is 3. The molecule has 19 heavy (non-hydrogen) atoms. The van der Waals surface area contributed by atoms with E-state index in [1.54, 1.807) is 0 Å². The van der Waals surface area contributed by atoms with E-state index in [2.05, 4.69) is 6.58 Å². The van der Waals surface area contributed by atoms with E-state index in [1.807, 2.05) is 6.92 Å². The van der Waals surface area contributed by atoms with Crippen molar-refractivity contribution in [3.63, 3.8) is 0 Å². The van der Waals surface area contributed by atoms with E-state index in [4.69, 9.17) is 9.47 Å². The molecular formula is C16H24O3. The number of ether oxygens (including phenoxy) is 2. The van der Waals surface area contributed by atoms with E-state index in [9.17, 15) is 4.79 Å². The van der Waals surface area contributed by atoms with Crippen LogP contribution in [0.15, 0.2) is 12.7 Å². The Labute approximate surface area is 115 Å². The molecule has 0 saturated heterocycles. The summed E-state index contributed by atoms with van der Waals surface area (Å²) in [5, 5.41) is 0. The van der Waals surface area contributed by atoms with Crippen LogP contribution in [0, 0.1) is 23.2 Å². The van der Waals surface area contributed by atoms with Crippen LogP contribution in [-0.2, 0) is 14.3 Å². The molecule has 3 fully saturated rings. The van der Waals surface area contributed by atoms with E-state index in [0.717, 1.165) is 18.3 Å². The van der Waals surface area contributed by atoms with Crippen LogP contribution in [-0.4, -0.2) is 18.9 Å². The number of hydrogen-bond donors (Lipinski definition) is 0. The monoisotopic (exact) mass is 264 g/mol. The maximum Gasteiger partial charge on any atom is 0.332 e. The van der Waals surface area contributed by atoms with Crippen molar-refractivity contribution in [2.24, 2.45) is 23.2 Å². The summed E-state index contributed by atoms with van der Waals surface area (Å²) in [7, 11) is 0. The van der Waals surface area contributed by atoms with Gasteiger partial charge in [0.05, 0.1) is 0 Å². The van der Waals surface area contributed by atoms with Crippen molar-refractivity contribution in [1.29, 1.82) is 0 Å². The topological polar surface area (TPSA) is 35.5 Å².